The van der Waals surface area contributed by atoms with Crippen LogP contribution in [0, 0.1) is 0 Å². The molecule has 0 atom stereocenters. The highest BCUT2D eigenvalue weighted by molar-refractivity contribution is 6.04. The summed E-state index contributed by atoms with van der Waals surface area (Å²) in [5, 5.41) is 5.37. The quantitative estimate of drug-likeness (QED) is 0.708. The van der Waals surface area contributed by atoms with E-state index < -0.39 is 5.91 Å². The first-order chi connectivity index (χ1) is 12.5. The Balaban J connectivity index is 1.87. The highest BCUT2D eigenvalue weighted by Crippen LogP contribution is 2.28. The number of hydrogen-bond donors (Lipinski definition) is 2. The highest BCUT2D eigenvalue weighted by Gasteiger charge is 2.13. The van der Waals surface area contributed by atoms with Crippen LogP contribution >= 0.6 is 0 Å². The molecular weight excluding hydrogens is 336 g/mol. The van der Waals surface area contributed by atoms with Gasteiger partial charge in [-0.1, -0.05) is 12.1 Å². The molecule has 2 aromatic carbocycles. The standard InChI is InChI=1S/C19H22N2O5/c1-24-14-6-4-13(5-7-14)12-20-18(22)11-19(23)21-16-10-15(25-2)8-9-17(16)26-3/h4-10H,11-12H2,1-3H3,(H,20,22)(H,21,23). The number of carbonyl (C=O) groups excluding carboxylic acids is 2. The molecule has 26 heavy (non-hydrogen) atoms. The van der Waals surface area contributed by atoms with Crippen LogP contribution in [-0.2, 0) is 16.1 Å². The van der Waals surface area contributed by atoms with Crippen molar-refractivity contribution in [3.05, 3.63) is 48.0 Å². The smallest absolute Gasteiger partial charge is 0.233 e. The third kappa shape index (κ3) is 5.41. The molecule has 2 N–H and O–H groups in total. The molecule has 7 heteroatoms. The van der Waals surface area contributed by atoms with Crippen molar-refractivity contribution in [3.63, 3.8) is 0 Å². The van der Waals surface area contributed by atoms with Crippen molar-refractivity contribution in [2.45, 2.75) is 13.0 Å². The molecule has 138 valence electrons. The molecule has 0 bridgehead atoms. The van der Waals surface area contributed by atoms with Gasteiger partial charge in [-0.3, -0.25) is 9.59 Å². The van der Waals surface area contributed by atoms with Crippen LogP contribution in [0.2, 0.25) is 0 Å². The summed E-state index contributed by atoms with van der Waals surface area (Å²) in [5.74, 6) is 0.985. The molecular formula is C19H22N2O5. The topological polar surface area (TPSA) is 85.9 Å². The summed E-state index contributed by atoms with van der Waals surface area (Å²) in [6.45, 7) is 0.332. The largest absolute Gasteiger partial charge is 0.497 e. The summed E-state index contributed by atoms with van der Waals surface area (Å²) in [7, 11) is 4.62. The van der Waals surface area contributed by atoms with Gasteiger partial charge in [0.05, 0.1) is 27.0 Å². The predicted octanol–water partition coefficient (Wildman–Crippen LogP) is 2.36. The molecule has 0 unspecified atom stereocenters. The minimum Gasteiger partial charge on any atom is -0.497 e. The first kappa shape index (κ1) is 19.1. The molecule has 0 aliphatic heterocycles. The maximum atomic E-state index is 12.1. The minimum absolute atomic E-state index is 0.295. The zero-order valence-electron chi connectivity index (χ0n) is 15.0. The third-order valence-electron chi connectivity index (χ3n) is 3.65. The van der Waals surface area contributed by atoms with E-state index in [1.807, 2.05) is 24.3 Å². The summed E-state index contributed by atoms with van der Waals surface area (Å²) in [4.78, 5) is 24.1. The van der Waals surface area contributed by atoms with Gasteiger partial charge >= 0.3 is 0 Å². The van der Waals surface area contributed by atoms with Gasteiger partial charge in [-0.05, 0) is 29.8 Å². The van der Waals surface area contributed by atoms with Gasteiger partial charge in [-0.25, -0.2) is 0 Å². The molecule has 0 radical (unpaired) electrons. The fourth-order valence-electron chi connectivity index (χ4n) is 2.26. The summed E-state index contributed by atoms with van der Waals surface area (Å²) in [6.07, 6.45) is -0.295. The van der Waals surface area contributed by atoms with Crippen molar-refractivity contribution in [1.29, 1.82) is 0 Å². The Labute approximate surface area is 152 Å². The predicted molar refractivity (Wildman–Crippen MR) is 97.6 cm³/mol. The van der Waals surface area contributed by atoms with Crippen LogP contribution in [-0.4, -0.2) is 33.1 Å². The number of amides is 2. The van der Waals surface area contributed by atoms with E-state index in [1.54, 1.807) is 25.3 Å². The Morgan fingerprint density at radius 2 is 1.50 bits per heavy atom. The molecule has 0 aromatic heterocycles. The minimum atomic E-state index is -0.441. The fourth-order valence-corrected chi connectivity index (χ4v) is 2.26. The van der Waals surface area contributed by atoms with E-state index in [0.717, 1.165) is 11.3 Å². The van der Waals surface area contributed by atoms with Crippen LogP contribution in [0.1, 0.15) is 12.0 Å². The van der Waals surface area contributed by atoms with Crippen molar-refractivity contribution in [1.82, 2.24) is 5.32 Å². The van der Waals surface area contributed by atoms with Crippen molar-refractivity contribution < 1.29 is 23.8 Å². The summed E-state index contributed by atoms with van der Waals surface area (Å²) in [6, 6.07) is 12.3. The molecule has 7 nitrogen and oxygen atoms in total. The molecule has 0 aliphatic rings. The van der Waals surface area contributed by atoms with Gasteiger partial charge in [0.2, 0.25) is 11.8 Å². The zero-order valence-corrected chi connectivity index (χ0v) is 15.0. The summed E-state index contributed by atoms with van der Waals surface area (Å²) >= 11 is 0. The van der Waals surface area contributed by atoms with E-state index in [-0.39, 0.29) is 12.3 Å². The van der Waals surface area contributed by atoms with Gasteiger partial charge in [0.1, 0.15) is 23.7 Å². The Morgan fingerprint density at radius 1 is 0.846 bits per heavy atom. The SMILES string of the molecule is COc1ccc(CNC(=O)CC(=O)Nc2cc(OC)ccc2OC)cc1. The molecule has 0 fully saturated rings. The van der Waals surface area contributed by atoms with Crippen LogP contribution < -0.4 is 24.8 Å². The van der Waals surface area contributed by atoms with Crippen LogP contribution in [0.15, 0.2) is 42.5 Å². The van der Waals surface area contributed by atoms with Crippen LogP contribution in [0.3, 0.4) is 0 Å². The van der Waals surface area contributed by atoms with Crippen LogP contribution in [0.25, 0.3) is 0 Å². The first-order valence-electron chi connectivity index (χ1n) is 7.97. The second-order valence-corrected chi connectivity index (χ2v) is 5.42. The van der Waals surface area contributed by atoms with Gasteiger partial charge in [-0.15, -0.1) is 0 Å². The second kappa shape index (κ2) is 9.31. The molecule has 2 aromatic rings. The average molecular weight is 358 g/mol. The van der Waals surface area contributed by atoms with Crippen molar-refractivity contribution >= 4 is 17.5 Å². The normalized spacial score (nSPS) is 9.96. The number of anilines is 1. The summed E-state index contributed by atoms with van der Waals surface area (Å²) in [5.41, 5.74) is 1.36. The lowest BCUT2D eigenvalue weighted by Crippen LogP contribution is -2.27. The monoisotopic (exact) mass is 358 g/mol. The lowest BCUT2D eigenvalue weighted by atomic mass is 10.2. The maximum Gasteiger partial charge on any atom is 0.233 e. The van der Waals surface area contributed by atoms with Crippen LogP contribution in [0.4, 0.5) is 5.69 Å². The van der Waals surface area contributed by atoms with E-state index in [4.69, 9.17) is 14.2 Å². The molecule has 0 saturated carbocycles. The van der Waals surface area contributed by atoms with Gasteiger partial charge in [-0.2, -0.15) is 0 Å². The fraction of sp³-hybridized carbons (Fsp3) is 0.263. The Hall–Kier alpha value is -3.22. The molecule has 0 aliphatic carbocycles. The Kier molecular flexibility index (Phi) is 6.84. The van der Waals surface area contributed by atoms with E-state index in [0.29, 0.717) is 23.7 Å². The van der Waals surface area contributed by atoms with Crippen molar-refractivity contribution in [2.24, 2.45) is 0 Å². The Bertz CT molecular complexity index is 759. The first-order valence-corrected chi connectivity index (χ1v) is 7.97. The number of rotatable bonds is 8. The maximum absolute atomic E-state index is 12.1. The number of hydrogen-bond acceptors (Lipinski definition) is 5. The van der Waals surface area contributed by atoms with Gasteiger partial charge < -0.3 is 24.8 Å². The molecule has 0 saturated heterocycles. The van der Waals surface area contributed by atoms with E-state index in [2.05, 4.69) is 10.6 Å². The van der Waals surface area contributed by atoms with Crippen molar-refractivity contribution in [2.75, 3.05) is 26.6 Å². The second-order valence-electron chi connectivity index (χ2n) is 5.42. The highest BCUT2D eigenvalue weighted by atomic mass is 16.5. The van der Waals surface area contributed by atoms with Crippen molar-refractivity contribution in [3.8, 4) is 17.2 Å². The average Bonchev–Trinajstić information content (AvgIpc) is 2.66. The summed E-state index contributed by atoms with van der Waals surface area (Å²) < 4.78 is 15.4. The van der Waals surface area contributed by atoms with E-state index in [1.165, 1.54) is 14.2 Å². The molecule has 0 heterocycles. The number of nitrogens with one attached hydrogen (secondary N) is 2. The molecule has 0 spiro atoms. The Morgan fingerprint density at radius 3 is 2.12 bits per heavy atom. The van der Waals surface area contributed by atoms with Gasteiger partial charge in [0, 0.05) is 12.6 Å². The number of carbonyl (C=O) groups is 2. The van der Waals surface area contributed by atoms with Gasteiger partial charge in [0.15, 0.2) is 0 Å². The van der Waals surface area contributed by atoms with Crippen LogP contribution in [0.5, 0.6) is 17.2 Å². The molecule has 2 rings (SSSR count). The number of benzene rings is 2. The number of ether oxygens (including phenoxy) is 3. The van der Waals surface area contributed by atoms with E-state index >= 15 is 0 Å². The zero-order chi connectivity index (χ0) is 18.9. The lowest BCUT2D eigenvalue weighted by molar-refractivity contribution is -0.126. The van der Waals surface area contributed by atoms with E-state index in [9.17, 15) is 9.59 Å². The third-order valence-corrected chi connectivity index (χ3v) is 3.65. The number of methoxy groups -OCH3 is 3. The lowest BCUT2D eigenvalue weighted by Gasteiger charge is -2.12. The van der Waals surface area contributed by atoms with Gasteiger partial charge in [0.25, 0.3) is 0 Å². The molecule has 2 amide bonds.